The lowest BCUT2D eigenvalue weighted by Gasteiger charge is -2.38. The number of nitrogens with zero attached hydrogens (tertiary/aromatic N) is 1. The van der Waals surface area contributed by atoms with Crippen LogP contribution in [-0.4, -0.2) is 29.5 Å². The lowest BCUT2D eigenvalue weighted by molar-refractivity contribution is -0.147. The first-order valence-electron chi connectivity index (χ1n) is 8.03. The van der Waals surface area contributed by atoms with Crippen LogP contribution in [-0.2, 0) is 4.79 Å². The molecule has 0 saturated carbocycles. The predicted octanol–water partition coefficient (Wildman–Crippen LogP) is 4.39. The Morgan fingerprint density at radius 1 is 1.23 bits per heavy atom. The van der Waals surface area contributed by atoms with E-state index in [9.17, 15) is 4.79 Å². The molecule has 1 saturated heterocycles. The second kappa shape index (κ2) is 6.91. The van der Waals surface area contributed by atoms with Crippen molar-refractivity contribution in [3.63, 3.8) is 0 Å². The molecule has 0 spiro atoms. The summed E-state index contributed by atoms with van der Waals surface area (Å²) in [6.45, 7) is 9.84. The van der Waals surface area contributed by atoms with Crippen LogP contribution in [0.1, 0.15) is 40.5 Å². The summed E-state index contributed by atoms with van der Waals surface area (Å²) in [5.41, 5.74) is -0.863. The van der Waals surface area contributed by atoms with Crippen molar-refractivity contribution in [2.75, 3.05) is 13.1 Å². The van der Waals surface area contributed by atoms with Gasteiger partial charge in [0.1, 0.15) is 5.75 Å². The van der Waals surface area contributed by atoms with Crippen molar-refractivity contribution in [1.29, 1.82) is 0 Å². The van der Waals surface area contributed by atoms with Crippen LogP contribution in [0.3, 0.4) is 0 Å². The minimum Gasteiger partial charge on any atom is -0.478 e. The van der Waals surface area contributed by atoms with Crippen LogP contribution in [0.5, 0.6) is 5.75 Å². The molecule has 0 N–H and O–H groups in total. The van der Waals surface area contributed by atoms with Crippen LogP contribution in [0.25, 0.3) is 0 Å². The molecule has 1 aliphatic heterocycles. The molecule has 2 rings (SSSR count). The van der Waals surface area contributed by atoms with Crippen molar-refractivity contribution in [3.05, 3.63) is 29.3 Å². The van der Waals surface area contributed by atoms with Crippen molar-refractivity contribution in [3.8, 4) is 5.75 Å². The Hall–Kier alpha value is -1.22. The van der Waals surface area contributed by atoms with E-state index in [-0.39, 0.29) is 5.91 Å². The van der Waals surface area contributed by atoms with Gasteiger partial charge in [-0.2, -0.15) is 0 Å². The number of halogens is 1. The molecule has 22 heavy (non-hydrogen) atoms. The summed E-state index contributed by atoms with van der Waals surface area (Å²) in [4.78, 5) is 14.7. The Kier molecular flexibility index (Phi) is 5.38. The van der Waals surface area contributed by atoms with Crippen molar-refractivity contribution >= 4 is 17.5 Å². The molecule has 1 aromatic rings. The smallest absolute Gasteiger partial charge is 0.266 e. The molecule has 1 fully saturated rings. The molecule has 1 amide bonds. The molecule has 122 valence electrons. The second-order valence-electron chi connectivity index (χ2n) is 6.94. The lowest BCUT2D eigenvalue weighted by atomic mass is 9.86. The first-order chi connectivity index (χ1) is 10.3. The molecular weight excluding hydrogens is 298 g/mol. The molecule has 0 bridgehead atoms. The van der Waals surface area contributed by atoms with Gasteiger partial charge in [-0.1, -0.05) is 25.4 Å². The molecule has 3 nitrogen and oxygen atoms in total. The number of likely N-dealkylation sites (tertiary alicyclic amines) is 1. The topological polar surface area (TPSA) is 29.5 Å². The summed E-state index contributed by atoms with van der Waals surface area (Å²) >= 11 is 5.88. The van der Waals surface area contributed by atoms with Gasteiger partial charge in [0, 0.05) is 18.1 Å². The van der Waals surface area contributed by atoms with Crippen LogP contribution in [0.2, 0.25) is 5.02 Å². The van der Waals surface area contributed by atoms with Gasteiger partial charge in [-0.25, -0.2) is 0 Å². The number of carbonyl (C=O) groups excluding carboxylic acids is 1. The summed E-state index contributed by atoms with van der Waals surface area (Å²) in [5.74, 6) is 2.14. The summed E-state index contributed by atoms with van der Waals surface area (Å²) in [7, 11) is 0. The Balaban J connectivity index is 1.97. The van der Waals surface area contributed by atoms with Gasteiger partial charge in [0.05, 0.1) is 0 Å². The van der Waals surface area contributed by atoms with Crippen LogP contribution in [0.15, 0.2) is 24.3 Å². The summed E-state index contributed by atoms with van der Waals surface area (Å²) < 4.78 is 5.90. The average Bonchev–Trinajstić information content (AvgIpc) is 2.48. The zero-order valence-electron chi connectivity index (χ0n) is 13.9. The summed E-state index contributed by atoms with van der Waals surface area (Å²) in [6.07, 6.45) is 2.17. The van der Waals surface area contributed by atoms with Crippen LogP contribution >= 0.6 is 11.6 Å². The van der Waals surface area contributed by atoms with Gasteiger partial charge >= 0.3 is 0 Å². The van der Waals surface area contributed by atoms with Gasteiger partial charge in [0.15, 0.2) is 5.60 Å². The van der Waals surface area contributed by atoms with Crippen molar-refractivity contribution < 1.29 is 9.53 Å². The Bertz CT molecular complexity index is 502. The average molecular weight is 324 g/mol. The first-order valence-corrected chi connectivity index (χ1v) is 8.41. The Labute approximate surface area is 138 Å². The molecule has 1 aromatic carbocycles. The van der Waals surface area contributed by atoms with E-state index in [0.717, 1.165) is 31.8 Å². The number of amides is 1. The number of benzene rings is 1. The summed E-state index contributed by atoms with van der Waals surface area (Å²) in [5, 5.41) is 0.659. The number of rotatable bonds is 4. The summed E-state index contributed by atoms with van der Waals surface area (Å²) in [6, 6.07) is 7.13. The zero-order chi connectivity index (χ0) is 16.3. The van der Waals surface area contributed by atoms with Gasteiger partial charge in [-0.15, -0.1) is 0 Å². The van der Waals surface area contributed by atoms with Crippen molar-refractivity contribution in [2.45, 2.75) is 46.1 Å². The number of ether oxygens (including phenoxy) is 1. The highest BCUT2D eigenvalue weighted by molar-refractivity contribution is 6.30. The standard InChI is InChI=1S/C18H26ClNO2/c1-13(2)14-9-11-20(12-10-14)17(21)18(3,4)22-16-7-5-15(19)6-8-16/h5-8,13-14H,9-12H2,1-4H3. The van der Waals surface area contributed by atoms with Crippen LogP contribution in [0.4, 0.5) is 0 Å². The maximum absolute atomic E-state index is 12.7. The third-order valence-corrected chi connectivity index (χ3v) is 4.72. The van der Waals surface area contributed by atoms with E-state index in [2.05, 4.69) is 13.8 Å². The minimum absolute atomic E-state index is 0.0599. The van der Waals surface area contributed by atoms with Gasteiger partial charge in [-0.05, 0) is 62.8 Å². The molecule has 0 atom stereocenters. The predicted molar refractivity (Wildman–Crippen MR) is 90.3 cm³/mol. The quantitative estimate of drug-likeness (QED) is 0.822. The van der Waals surface area contributed by atoms with E-state index >= 15 is 0 Å². The largest absolute Gasteiger partial charge is 0.478 e. The molecular formula is C18H26ClNO2. The fraction of sp³-hybridized carbons (Fsp3) is 0.611. The van der Waals surface area contributed by atoms with E-state index in [4.69, 9.17) is 16.3 Å². The fourth-order valence-corrected chi connectivity index (χ4v) is 3.12. The normalized spacial score (nSPS) is 16.9. The highest BCUT2D eigenvalue weighted by Gasteiger charge is 2.36. The molecule has 0 aliphatic carbocycles. The molecule has 4 heteroatoms. The van der Waals surface area contributed by atoms with E-state index in [1.807, 2.05) is 18.7 Å². The van der Waals surface area contributed by atoms with Gasteiger partial charge < -0.3 is 9.64 Å². The van der Waals surface area contributed by atoms with Crippen LogP contribution < -0.4 is 4.74 Å². The third-order valence-electron chi connectivity index (χ3n) is 4.47. The third kappa shape index (κ3) is 4.16. The molecule has 0 unspecified atom stereocenters. The maximum atomic E-state index is 12.7. The van der Waals surface area contributed by atoms with E-state index in [0.29, 0.717) is 16.7 Å². The zero-order valence-corrected chi connectivity index (χ0v) is 14.7. The highest BCUT2D eigenvalue weighted by atomic mass is 35.5. The minimum atomic E-state index is -0.863. The highest BCUT2D eigenvalue weighted by Crippen LogP contribution is 2.27. The number of carbonyl (C=O) groups is 1. The molecule has 1 heterocycles. The second-order valence-corrected chi connectivity index (χ2v) is 7.38. The van der Waals surface area contributed by atoms with Gasteiger partial charge in [0.2, 0.25) is 0 Å². The molecule has 0 aromatic heterocycles. The monoisotopic (exact) mass is 323 g/mol. The van der Waals surface area contributed by atoms with E-state index in [1.54, 1.807) is 24.3 Å². The lowest BCUT2D eigenvalue weighted by Crippen LogP contribution is -2.51. The first kappa shape index (κ1) is 17.1. The Morgan fingerprint density at radius 2 is 1.77 bits per heavy atom. The number of hydrogen-bond donors (Lipinski definition) is 0. The Morgan fingerprint density at radius 3 is 2.27 bits per heavy atom. The number of hydrogen-bond acceptors (Lipinski definition) is 2. The van der Waals surface area contributed by atoms with Gasteiger partial charge in [0.25, 0.3) is 5.91 Å². The maximum Gasteiger partial charge on any atom is 0.266 e. The SMILES string of the molecule is CC(C)C1CCN(C(=O)C(C)(C)Oc2ccc(Cl)cc2)CC1. The number of piperidine rings is 1. The van der Waals surface area contributed by atoms with Crippen LogP contribution in [0, 0.1) is 11.8 Å². The fourth-order valence-electron chi connectivity index (χ4n) is 2.99. The van der Waals surface area contributed by atoms with Crippen molar-refractivity contribution in [2.24, 2.45) is 11.8 Å². The van der Waals surface area contributed by atoms with Gasteiger partial charge in [-0.3, -0.25) is 4.79 Å². The van der Waals surface area contributed by atoms with E-state index in [1.165, 1.54) is 0 Å². The van der Waals surface area contributed by atoms with Crippen molar-refractivity contribution in [1.82, 2.24) is 4.90 Å². The van der Waals surface area contributed by atoms with E-state index < -0.39 is 5.60 Å². The molecule has 0 radical (unpaired) electrons. The molecule has 1 aliphatic rings.